The molecule has 0 spiro atoms. The number of rotatable bonds is 6. The topological polar surface area (TPSA) is 21.3 Å². The first-order valence-electron chi connectivity index (χ1n) is 8.07. The smallest absolute Gasteiger partial charge is 0.124 e. The van der Waals surface area contributed by atoms with Crippen molar-refractivity contribution in [1.29, 1.82) is 0 Å². The second-order valence-electron chi connectivity index (χ2n) is 6.33. The Hall–Kier alpha value is -1.02. The van der Waals surface area contributed by atoms with Crippen LogP contribution in [-0.4, -0.2) is 13.2 Å². The lowest BCUT2D eigenvalue weighted by atomic mass is 9.76. The summed E-state index contributed by atoms with van der Waals surface area (Å²) in [6.07, 6.45) is 5.33. The van der Waals surface area contributed by atoms with E-state index in [0.717, 1.165) is 18.9 Å². The van der Waals surface area contributed by atoms with Gasteiger partial charge in [-0.25, -0.2) is 0 Å². The van der Waals surface area contributed by atoms with E-state index in [1.807, 2.05) is 0 Å². The summed E-state index contributed by atoms with van der Waals surface area (Å²) in [4.78, 5) is 0. The molecule has 0 amide bonds. The van der Waals surface area contributed by atoms with Crippen molar-refractivity contribution in [2.45, 2.75) is 59.4 Å². The van der Waals surface area contributed by atoms with Crippen LogP contribution in [-0.2, 0) is 0 Å². The van der Waals surface area contributed by atoms with Crippen molar-refractivity contribution in [1.82, 2.24) is 5.32 Å². The van der Waals surface area contributed by atoms with Gasteiger partial charge in [0, 0.05) is 11.6 Å². The highest BCUT2D eigenvalue weighted by molar-refractivity contribution is 5.40. The Kier molecular flexibility index (Phi) is 5.09. The molecule has 0 bridgehead atoms. The highest BCUT2D eigenvalue weighted by Crippen LogP contribution is 2.49. The fraction of sp³-hybridized carbons (Fsp3) is 0.667. The van der Waals surface area contributed by atoms with Crippen LogP contribution in [0.25, 0.3) is 0 Å². The van der Waals surface area contributed by atoms with E-state index in [-0.39, 0.29) is 0 Å². The highest BCUT2D eigenvalue weighted by atomic mass is 16.5. The summed E-state index contributed by atoms with van der Waals surface area (Å²) in [5.74, 6) is 1.05. The molecule has 0 aliphatic heterocycles. The van der Waals surface area contributed by atoms with Gasteiger partial charge >= 0.3 is 0 Å². The molecular formula is C18H29NO. The number of benzene rings is 1. The summed E-state index contributed by atoms with van der Waals surface area (Å²) in [6, 6.07) is 6.99. The molecule has 0 saturated heterocycles. The van der Waals surface area contributed by atoms with Gasteiger partial charge in [-0.05, 0) is 44.7 Å². The van der Waals surface area contributed by atoms with Crippen LogP contribution in [0.4, 0.5) is 0 Å². The molecule has 2 nitrogen and oxygen atoms in total. The fourth-order valence-electron chi connectivity index (χ4n) is 3.59. The molecule has 1 aromatic carbocycles. The zero-order chi connectivity index (χ0) is 14.6. The minimum atomic E-state index is 0.357. The maximum atomic E-state index is 5.88. The van der Waals surface area contributed by atoms with Crippen LogP contribution in [0.15, 0.2) is 18.2 Å². The number of hydrogen-bond acceptors (Lipinski definition) is 2. The van der Waals surface area contributed by atoms with Gasteiger partial charge in [0.2, 0.25) is 0 Å². The molecule has 1 saturated carbocycles. The summed E-state index contributed by atoms with van der Waals surface area (Å²) < 4.78 is 5.88. The van der Waals surface area contributed by atoms with Crippen molar-refractivity contribution >= 4 is 0 Å². The standard InChI is InChI=1S/C18H29NO/c1-5-19-17(18(4)11-7-8-12-18)15-13-14(3)9-10-16(15)20-6-2/h9-10,13,17,19H,5-8,11-12H2,1-4H3. The minimum Gasteiger partial charge on any atom is -0.494 e. The summed E-state index contributed by atoms with van der Waals surface area (Å²) in [7, 11) is 0. The second kappa shape index (κ2) is 6.62. The van der Waals surface area contributed by atoms with Gasteiger partial charge in [0.05, 0.1) is 6.61 Å². The average molecular weight is 275 g/mol. The monoisotopic (exact) mass is 275 g/mol. The zero-order valence-corrected chi connectivity index (χ0v) is 13.5. The van der Waals surface area contributed by atoms with Crippen molar-refractivity contribution in [3.05, 3.63) is 29.3 Å². The predicted octanol–water partition coefficient (Wildman–Crippen LogP) is 4.62. The molecule has 1 atom stereocenters. The van der Waals surface area contributed by atoms with Gasteiger partial charge < -0.3 is 10.1 Å². The molecule has 0 heterocycles. The molecule has 2 rings (SSSR count). The summed E-state index contributed by atoms with van der Waals surface area (Å²) >= 11 is 0. The van der Waals surface area contributed by atoms with E-state index in [0.29, 0.717) is 11.5 Å². The molecule has 1 aromatic rings. The van der Waals surface area contributed by atoms with E-state index < -0.39 is 0 Å². The van der Waals surface area contributed by atoms with E-state index in [1.165, 1.54) is 36.8 Å². The summed E-state index contributed by atoms with van der Waals surface area (Å²) in [5.41, 5.74) is 3.02. The molecule has 20 heavy (non-hydrogen) atoms. The van der Waals surface area contributed by atoms with Crippen molar-refractivity contribution in [3.8, 4) is 5.75 Å². The number of ether oxygens (including phenoxy) is 1. The van der Waals surface area contributed by atoms with Gasteiger partial charge in [0.1, 0.15) is 5.75 Å². The third kappa shape index (κ3) is 3.17. The average Bonchev–Trinajstić information content (AvgIpc) is 2.86. The van der Waals surface area contributed by atoms with E-state index in [2.05, 4.69) is 51.2 Å². The largest absolute Gasteiger partial charge is 0.494 e. The summed E-state index contributed by atoms with van der Waals surface area (Å²) in [5, 5.41) is 3.73. The van der Waals surface area contributed by atoms with E-state index >= 15 is 0 Å². The van der Waals surface area contributed by atoms with Crippen molar-refractivity contribution in [2.75, 3.05) is 13.2 Å². The Morgan fingerprint density at radius 1 is 1.25 bits per heavy atom. The SMILES string of the molecule is CCNC(c1cc(C)ccc1OCC)C1(C)CCCC1. The summed E-state index contributed by atoms with van der Waals surface area (Å²) in [6.45, 7) is 10.6. The van der Waals surface area contributed by atoms with Gasteiger partial charge in [-0.3, -0.25) is 0 Å². The fourth-order valence-corrected chi connectivity index (χ4v) is 3.59. The van der Waals surface area contributed by atoms with Crippen molar-refractivity contribution < 1.29 is 4.74 Å². The molecule has 112 valence electrons. The lowest BCUT2D eigenvalue weighted by molar-refractivity contribution is 0.218. The van der Waals surface area contributed by atoms with Gasteiger partial charge in [0.15, 0.2) is 0 Å². The molecule has 1 fully saturated rings. The molecule has 0 aromatic heterocycles. The first-order valence-corrected chi connectivity index (χ1v) is 8.07. The van der Waals surface area contributed by atoms with Crippen LogP contribution in [0.5, 0.6) is 5.75 Å². The number of aryl methyl sites for hydroxylation is 1. The van der Waals surface area contributed by atoms with Crippen molar-refractivity contribution in [2.24, 2.45) is 5.41 Å². The predicted molar refractivity (Wildman–Crippen MR) is 85.3 cm³/mol. The molecular weight excluding hydrogens is 246 g/mol. The third-order valence-corrected chi connectivity index (χ3v) is 4.63. The second-order valence-corrected chi connectivity index (χ2v) is 6.33. The van der Waals surface area contributed by atoms with Gasteiger partial charge in [-0.2, -0.15) is 0 Å². The van der Waals surface area contributed by atoms with E-state index in [4.69, 9.17) is 4.74 Å². The van der Waals surface area contributed by atoms with Gasteiger partial charge in [-0.1, -0.05) is 44.4 Å². The van der Waals surface area contributed by atoms with Crippen LogP contribution in [0, 0.1) is 12.3 Å². The number of hydrogen-bond donors (Lipinski definition) is 1. The normalized spacial score (nSPS) is 19.0. The Balaban J connectivity index is 2.39. The molecule has 2 heteroatoms. The molecule has 1 unspecified atom stereocenters. The molecule has 1 aliphatic carbocycles. The van der Waals surface area contributed by atoms with E-state index in [1.54, 1.807) is 0 Å². The molecule has 1 N–H and O–H groups in total. The lowest BCUT2D eigenvalue weighted by Crippen LogP contribution is -2.34. The molecule has 0 radical (unpaired) electrons. The maximum Gasteiger partial charge on any atom is 0.124 e. The van der Waals surface area contributed by atoms with Gasteiger partial charge in [0.25, 0.3) is 0 Å². The minimum absolute atomic E-state index is 0.357. The van der Waals surface area contributed by atoms with Crippen LogP contribution < -0.4 is 10.1 Å². The highest BCUT2D eigenvalue weighted by Gasteiger charge is 2.38. The maximum absolute atomic E-state index is 5.88. The van der Waals surface area contributed by atoms with Crippen LogP contribution in [0.1, 0.15) is 63.6 Å². The first kappa shape index (κ1) is 15.4. The Morgan fingerprint density at radius 3 is 2.55 bits per heavy atom. The van der Waals surface area contributed by atoms with E-state index in [9.17, 15) is 0 Å². The molecule has 1 aliphatic rings. The Labute approximate surface area is 123 Å². The van der Waals surface area contributed by atoms with Gasteiger partial charge in [-0.15, -0.1) is 0 Å². The Bertz CT molecular complexity index is 435. The zero-order valence-electron chi connectivity index (χ0n) is 13.5. The lowest BCUT2D eigenvalue weighted by Gasteiger charge is -2.36. The van der Waals surface area contributed by atoms with Crippen molar-refractivity contribution in [3.63, 3.8) is 0 Å². The van der Waals surface area contributed by atoms with Crippen LogP contribution in [0.2, 0.25) is 0 Å². The quantitative estimate of drug-likeness (QED) is 0.817. The Morgan fingerprint density at radius 2 is 1.95 bits per heavy atom. The number of nitrogens with one attached hydrogen (secondary N) is 1. The third-order valence-electron chi connectivity index (χ3n) is 4.63. The van der Waals surface area contributed by atoms with Crippen LogP contribution in [0.3, 0.4) is 0 Å². The first-order chi connectivity index (χ1) is 9.60. The van der Waals surface area contributed by atoms with Crippen LogP contribution >= 0.6 is 0 Å².